The third-order valence-electron chi connectivity index (χ3n) is 3.39. The number of nitrogens with zero attached hydrogens (tertiary/aromatic N) is 3. The average molecular weight is 272 g/mol. The van der Waals surface area contributed by atoms with Crippen LogP contribution in [0, 0.1) is 0 Å². The van der Waals surface area contributed by atoms with Crippen molar-refractivity contribution in [2.24, 2.45) is 0 Å². The van der Waals surface area contributed by atoms with Crippen LogP contribution < -0.4 is 5.32 Å². The van der Waals surface area contributed by atoms with Gasteiger partial charge < -0.3 is 5.32 Å². The molecule has 0 aliphatic heterocycles. The Bertz CT molecular complexity index is 514. The van der Waals surface area contributed by atoms with Gasteiger partial charge in [0.1, 0.15) is 12.2 Å². The molecule has 0 saturated carbocycles. The van der Waals surface area contributed by atoms with Crippen molar-refractivity contribution < 1.29 is 0 Å². The number of aromatic nitrogens is 3. The van der Waals surface area contributed by atoms with Gasteiger partial charge in [-0.2, -0.15) is 5.10 Å². The van der Waals surface area contributed by atoms with Crippen molar-refractivity contribution in [2.75, 3.05) is 0 Å². The highest BCUT2D eigenvalue weighted by Crippen LogP contribution is 2.14. The molecule has 0 atom stereocenters. The van der Waals surface area contributed by atoms with E-state index in [1.165, 1.54) is 11.1 Å². The molecule has 0 fully saturated rings. The van der Waals surface area contributed by atoms with E-state index in [-0.39, 0.29) is 0 Å². The fourth-order valence-electron chi connectivity index (χ4n) is 2.16. The minimum Gasteiger partial charge on any atom is -0.306 e. The Hall–Kier alpha value is -1.68. The smallest absolute Gasteiger partial charge is 0.140 e. The molecule has 1 aromatic heterocycles. The quantitative estimate of drug-likeness (QED) is 0.842. The summed E-state index contributed by atoms with van der Waals surface area (Å²) >= 11 is 0. The van der Waals surface area contributed by atoms with Gasteiger partial charge in [-0.25, -0.2) is 9.67 Å². The molecule has 0 aliphatic rings. The highest BCUT2D eigenvalue weighted by Gasteiger charge is 2.03. The number of hydrogen-bond donors (Lipinski definition) is 1. The lowest BCUT2D eigenvalue weighted by atomic mass is 10.0. The van der Waals surface area contributed by atoms with Crippen LogP contribution in [0.3, 0.4) is 0 Å². The van der Waals surface area contributed by atoms with Crippen LogP contribution in [0.25, 0.3) is 0 Å². The van der Waals surface area contributed by atoms with Crippen LogP contribution in [0.2, 0.25) is 0 Å². The number of aryl methyl sites for hydroxylation is 1. The fraction of sp³-hybridized carbons (Fsp3) is 0.500. The molecular weight excluding hydrogens is 248 g/mol. The van der Waals surface area contributed by atoms with Gasteiger partial charge in [0, 0.05) is 13.1 Å². The van der Waals surface area contributed by atoms with Crippen molar-refractivity contribution in [3.8, 4) is 0 Å². The molecular formula is C16H24N4. The summed E-state index contributed by atoms with van der Waals surface area (Å²) in [5.41, 5.74) is 2.69. The number of benzene rings is 1. The summed E-state index contributed by atoms with van der Waals surface area (Å²) in [4.78, 5) is 4.29. The Labute approximate surface area is 121 Å². The highest BCUT2D eigenvalue weighted by atomic mass is 15.3. The molecule has 20 heavy (non-hydrogen) atoms. The molecule has 0 amide bonds. The van der Waals surface area contributed by atoms with Crippen LogP contribution in [0.1, 0.15) is 50.1 Å². The van der Waals surface area contributed by atoms with Crippen LogP contribution in [0.5, 0.6) is 0 Å². The third-order valence-corrected chi connectivity index (χ3v) is 3.39. The molecule has 0 spiro atoms. The molecule has 108 valence electrons. The number of rotatable bonds is 7. The fourth-order valence-corrected chi connectivity index (χ4v) is 2.16. The maximum atomic E-state index is 4.29. The summed E-state index contributed by atoms with van der Waals surface area (Å²) < 4.78 is 1.97. The first-order chi connectivity index (χ1) is 9.70. The second kappa shape index (κ2) is 7.20. The lowest BCUT2D eigenvalue weighted by molar-refractivity contribution is 0.542. The first-order valence-electron chi connectivity index (χ1n) is 7.37. The van der Waals surface area contributed by atoms with Crippen molar-refractivity contribution in [3.63, 3.8) is 0 Å². The SMILES string of the molecule is CCCn1ncnc1CNCc1ccc(C(C)C)cc1. The minimum absolute atomic E-state index is 0.588. The van der Waals surface area contributed by atoms with Gasteiger partial charge in [0.05, 0.1) is 6.54 Å². The summed E-state index contributed by atoms with van der Waals surface area (Å²) in [5, 5.41) is 7.66. The molecule has 0 saturated heterocycles. The largest absolute Gasteiger partial charge is 0.306 e. The lowest BCUT2D eigenvalue weighted by Crippen LogP contribution is -2.17. The second-order valence-corrected chi connectivity index (χ2v) is 5.40. The predicted molar refractivity (Wildman–Crippen MR) is 81.4 cm³/mol. The Morgan fingerprint density at radius 2 is 1.90 bits per heavy atom. The van der Waals surface area contributed by atoms with Gasteiger partial charge in [-0.15, -0.1) is 0 Å². The summed E-state index contributed by atoms with van der Waals surface area (Å²) in [5.74, 6) is 1.59. The number of nitrogens with one attached hydrogen (secondary N) is 1. The zero-order valence-electron chi connectivity index (χ0n) is 12.6. The van der Waals surface area contributed by atoms with E-state index in [1.807, 2.05) is 4.68 Å². The van der Waals surface area contributed by atoms with E-state index in [9.17, 15) is 0 Å². The van der Waals surface area contributed by atoms with Gasteiger partial charge in [-0.05, 0) is 23.5 Å². The second-order valence-electron chi connectivity index (χ2n) is 5.40. The Kier molecular flexibility index (Phi) is 5.30. The van der Waals surface area contributed by atoms with Crippen molar-refractivity contribution >= 4 is 0 Å². The lowest BCUT2D eigenvalue weighted by Gasteiger charge is -2.08. The zero-order valence-corrected chi connectivity index (χ0v) is 12.6. The molecule has 4 nitrogen and oxygen atoms in total. The van der Waals surface area contributed by atoms with E-state index in [0.29, 0.717) is 5.92 Å². The van der Waals surface area contributed by atoms with E-state index < -0.39 is 0 Å². The molecule has 0 aliphatic carbocycles. The van der Waals surface area contributed by atoms with Crippen LogP contribution in [0.4, 0.5) is 0 Å². The maximum absolute atomic E-state index is 4.29. The summed E-state index contributed by atoms with van der Waals surface area (Å²) in [6.07, 6.45) is 2.71. The first-order valence-corrected chi connectivity index (χ1v) is 7.37. The first kappa shape index (κ1) is 14.7. The van der Waals surface area contributed by atoms with Gasteiger partial charge in [-0.3, -0.25) is 0 Å². The maximum Gasteiger partial charge on any atom is 0.140 e. The van der Waals surface area contributed by atoms with Gasteiger partial charge >= 0.3 is 0 Å². The molecule has 0 unspecified atom stereocenters. The molecule has 0 bridgehead atoms. The van der Waals surface area contributed by atoms with Crippen LogP contribution in [0.15, 0.2) is 30.6 Å². The van der Waals surface area contributed by atoms with Crippen LogP contribution >= 0.6 is 0 Å². The predicted octanol–water partition coefficient (Wildman–Crippen LogP) is 3.10. The molecule has 4 heteroatoms. The van der Waals surface area contributed by atoms with Gasteiger partial charge in [0.15, 0.2) is 0 Å². The molecule has 1 heterocycles. The van der Waals surface area contributed by atoms with Crippen molar-refractivity contribution in [1.29, 1.82) is 0 Å². The molecule has 0 radical (unpaired) electrons. The average Bonchev–Trinajstić information content (AvgIpc) is 2.87. The molecule has 1 N–H and O–H groups in total. The van der Waals surface area contributed by atoms with E-state index in [1.54, 1.807) is 6.33 Å². The standard InChI is InChI=1S/C16H24N4/c1-4-9-20-16(18-12-19-20)11-17-10-14-5-7-15(8-6-14)13(2)3/h5-8,12-13,17H,4,9-11H2,1-3H3. The van der Waals surface area contributed by atoms with E-state index in [0.717, 1.165) is 31.9 Å². The van der Waals surface area contributed by atoms with Gasteiger partial charge in [0.25, 0.3) is 0 Å². The zero-order chi connectivity index (χ0) is 14.4. The summed E-state index contributed by atoms with van der Waals surface area (Å²) in [6, 6.07) is 8.81. The van der Waals surface area contributed by atoms with Crippen molar-refractivity contribution in [1.82, 2.24) is 20.1 Å². The van der Waals surface area contributed by atoms with Gasteiger partial charge in [0.2, 0.25) is 0 Å². The Morgan fingerprint density at radius 1 is 1.15 bits per heavy atom. The van der Waals surface area contributed by atoms with Gasteiger partial charge in [-0.1, -0.05) is 45.0 Å². The highest BCUT2D eigenvalue weighted by molar-refractivity contribution is 5.24. The van der Waals surface area contributed by atoms with Crippen molar-refractivity contribution in [3.05, 3.63) is 47.5 Å². The normalized spacial score (nSPS) is 11.2. The van der Waals surface area contributed by atoms with E-state index in [4.69, 9.17) is 0 Å². The van der Waals surface area contributed by atoms with Crippen molar-refractivity contribution in [2.45, 2.75) is 52.7 Å². The molecule has 1 aromatic carbocycles. The van der Waals surface area contributed by atoms with E-state index >= 15 is 0 Å². The Balaban J connectivity index is 1.84. The van der Waals surface area contributed by atoms with E-state index in [2.05, 4.69) is 60.4 Å². The minimum atomic E-state index is 0.588. The number of hydrogen-bond acceptors (Lipinski definition) is 3. The summed E-state index contributed by atoms with van der Waals surface area (Å²) in [6.45, 7) is 9.13. The van der Waals surface area contributed by atoms with Crippen LogP contribution in [-0.2, 0) is 19.6 Å². The monoisotopic (exact) mass is 272 g/mol. The molecule has 2 rings (SSSR count). The third kappa shape index (κ3) is 3.90. The Morgan fingerprint density at radius 3 is 2.55 bits per heavy atom. The van der Waals surface area contributed by atoms with Crippen LogP contribution in [-0.4, -0.2) is 14.8 Å². The summed E-state index contributed by atoms with van der Waals surface area (Å²) in [7, 11) is 0. The topological polar surface area (TPSA) is 42.7 Å². The molecule has 2 aromatic rings.